The Hall–Kier alpha value is -0.460. The van der Waals surface area contributed by atoms with Crippen LogP contribution < -0.4 is 11.1 Å². The van der Waals surface area contributed by atoms with Crippen molar-refractivity contribution in [2.75, 3.05) is 11.9 Å². The molecule has 6 heteroatoms. The number of rotatable bonds is 3. The summed E-state index contributed by atoms with van der Waals surface area (Å²) in [5, 5.41) is 3.45. The molecule has 1 aromatic rings. The first kappa shape index (κ1) is 11.0. The van der Waals surface area contributed by atoms with Crippen molar-refractivity contribution >= 4 is 38.3 Å². The molecule has 15 heavy (non-hydrogen) atoms. The summed E-state index contributed by atoms with van der Waals surface area (Å²) in [6, 6.07) is 0. The number of aromatic nitrogens is 1. The molecule has 0 saturated heterocycles. The summed E-state index contributed by atoms with van der Waals surface area (Å²) < 4.78 is 0.910. The third kappa shape index (κ3) is 2.07. The first-order chi connectivity index (χ1) is 7.16. The smallest absolute Gasteiger partial charge is 0.233 e. The normalized spacial score (nSPS) is 18.3. The van der Waals surface area contributed by atoms with Crippen molar-refractivity contribution in [3.05, 3.63) is 9.98 Å². The van der Waals surface area contributed by atoms with Crippen LogP contribution in [0.2, 0.25) is 0 Å². The van der Waals surface area contributed by atoms with Gasteiger partial charge in [0, 0.05) is 6.54 Å². The van der Waals surface area contributed by atoms with E-state index in [9.17, 15) is 4.79 Å². The van der Waals surface area contributed by atoms with Gasteiger partial charge in [0.25, 0.3) is 0 Å². The number of nitrogens with one attached hydrogen (secondary N) is 1. The molecule has 0 radical (unpaired) electrons. The van der Waals surface area contributed by atoms with Crippen LogP contribution in [0.3, 0.4) is 0 Å². The molecule has 0 spiro atoms. The highest BCUT2D eigenvalue weighted by Gasteiger charge is 2.43. The first-order valence-corrected chi connectivity index (χ1v) is 6.40. The van der Waals surface area contributed by atoms with E-state index >= 15 is 0 Å². The maximum Gasteiger partial charge on any atom is 0.233 e. The Morgan fingerprint density at radius 2 is 2.47 bits per heavy atom. The van der Waals surface area contributed by atoms with Crippen LogP contribution in [0.4, 0.5) is 5.13 Å². The molecule has 0 aromatic carbocycles. The molecule has 1 heterocycles. The molecular weight excluding hydrogens is 278 g/mol. The SMILES string of the molecule is NCC1(C(=O)Nc2ncc(Br)s2)CCC1. The maximum atomic E-state index is 11.9. The molecule has 1 aromatic heterocycles. The molecule has 1 amide bonds. The van der Waals surface area contributed by atoms with Crippen LogP contribution in [0.15, 0.2) is 9.98 Å². The Labute approximate surface area is 100 Å². The third-order valence-corrected chi connectivity index (χ3v) is 4.27. The minimum Gasteiger partial charge on any atom is -0.329 e. The number of carbonyl (C=O) groups is 1. The van der Waals surface area contributed by atoms with Gasteiger partial charge in [-0.25, -0.2) is 4.98 Å². The fourth-order valence-corrected chi connectivity index (χ4v) is 2.77. The molecule has 2 rings (SSSR count). The first-order valence-electron chi connectivity index (χ1n) is 4.79. The minimum absolute atomic E-state index is 0.0121. The maximum absolute atomic E-state index is 11.9. The Bertz CT molecular complexity index is 370. The molecule has 0 bridgehead atoms. The van der Waals surface area contributed by atoms with Crippen molar-refractivity contribution in [1.82, 2.24) is 4.98 Å². The number of carbonyl (C=O) groups excluding carboxylic acids is 1. The van der Waals surface area contributed by atoms with Crippen molar-refractivity contribution in [3.63, 3.8) is 0 Å². The van der Waals surface area contributed by atoms with E-state index in [1.165, 1.54) is 11.3 Å². The van der Waals surface area contributed by atoms with Gasteiger partial charge in [-0.15, -0.1) is 0 Å². The van der Waals surface area contributed by atoms with Gasteiger partial charge >= 0.3 is 0 Å². The molecule has 0 unspecified atom stereocenters. The van der Waals surface area contributed by atoms with Gasteiger partial charge < -0.3 is 11.1 Å². The van der Waals surface area contributed by atoms with Crippen LogP contribution in [0.1, 0.15) is 19.3 Å². The molecular formula is C9H12BrN3OS. The van der Waals surface area contributed by atoms with Crippen LogP contribution in [-0.2, 0) is 4.79 Å². The molecule has 1 aliphatic rings. The highest BCUT2D eigenvalue weighted by atomic mass is 79.9. The van der Waals surface area contributed by atoms with E-state index in [4.69, 9.17) is 5.73 Å². The van der Waals surface area contributed by atoms with Crippen LogP contribution in [0.25, 0.3) is 0 Å². The highest BCUT2D eigenvalue weighted by molar-refractivity contribution is 9.11. The number of hydrogen-bond donors (Lipinski definition) is 2. The zero-order valence-corrected chi connectivity index (χ0v) is 10.5. The Kier molecular flexibility index (Phi) is 3.08. The summed E-state index contributed by atoms with van der Waals surface area (Å²) in [5.41, 5.74) is 5.31. The predicted molar refractivity (Wildman–Crippen MR) is 63.8 cm³/mol. The van der Waals surface area contributed by atoms with Gasteiger partial charge in [0.1, 0.15) is 0 Å². The van der Waals surface area contributed by atoms with Gasteiger partial charge in [0.05, 0.1) is 15.4 Å². The summed E-state index contributed by atoms with van der Waals surface area (Å²) in [4.78, 5) is 16.0. The quantitative estimate of drug-likeness (QED) is 0.894. The minimum atomic E-state index is -0.335. The number of nitrogens with two attached hydrogens (primary N) is 1. The predicted octanol–water partition coefficient (Wildman–Crippen LogP) is 1.97. The molecule has 1 saturated carbocycles. The summed E-state index contributed by atoms with van der Waals surface area (Å²) in [7, 11) is 0. The van der Waals surface area contributed by atoms with E-state index < -0.39 is 0 Å². The fourth-order valence-electron chi connectivity index (χ4n) is 1.67. The second kappa shape index (κ2) is 4.19. The average molecular weight is 290 g/mol. The average Bonchev–Trinajstić information content (AvgIpc) is 2.50. The van der Waals surface area contributed by atoms with Crippen molar-refractivity contribution in [2.45, 2.75) is 19.3 Å². The van der Waals surface area contributed by atoms with Gasteiger partial charge in [0.15, 0.2) is 5.13 Å². The van der Waals surface area contributed by atoms with Gasteiger partial charge in [-0.2, -0.15) is 0 Å². The second-order valence-electron chi connectivity index (χ2n) is 3.76. The van der Waals surface area contributed by atoms with Crippen molar-refractivity contribution in [2.24, 2.45) is 11.1 Å². The summed E-state index contributed by atoms with van der Waals surface area (Å²) in [6.45, 7) is 0.422. The van der Waals surface area contributed by atoms with Crippen molar-refractivity contribution in [3.8, 4) is 0 Å². The zero-order chi connectivity index (χ0) is 10.9. The largest absolute Gasteiger partial charge is 0.329 e. The van der Waals surface area contributed by atoms with Crippen LogP contribution in [-0.4, -0.2) is 17.4 Å². The molecule has 0 aliphatic heterocycles. The van der Waals surface area contributed by atoms with E-state index in [0.717, 1.165) is 23.0 Å². The Morgan fingerprint density at radius 3 is 2.87 bits per heavy atom. The van der Waals surface area contributed by atoms with E-state index in [0.29, 0.717) is 11.7 Å². The van der Waals surface area contributed by atoms with Gasteiger partial charge in [-0.3, -0.25) is 4.79 Å². The lowest BCUT2D eigenvalue weighted by atomic mass is 9.68. The second-order valence-corrected chi connectivity index (χ2v) is 6.17. The lowest BCUT2D eigenvalue weighted by molar-refractivity contribution is -0.129. The van der Waals surface area contributed by atoms with E-state index in [-0.39, 0.29) is 11.3 Å². The van der Waals surface area contributed by atoms with Gasteiger partial charge in [-0.1, -0.05) is 17.8 Å². The molecule has 1 fully saturated rings. The summed E-state index contributed by atoms with van der Waals surface area (Å²) in [5.74, 6) is 0.0121. The fraction of sp³-hybridized carbons (Fsp3) is 0.556. The highest BCUT2D eigenvalue weighted by Crippen LogP contribution is 2.41. The van der Waals surface area contributed by atoms with E-state index in [1.54, 1.807) is 6.20 Å². The van der Waals surface area contributed by atoms with Crippen LogP contribution in [0, 0.1) is 5.41 Å². The Morgan fingerprint density at radius 1 is 1.73 bits per heavy atom. The number of anilines is 1. The monoisotopic (exact) mass is 289 g/mol. The summed E-state index contributed by atoms with van der Waals surface area (Å²) >= 11 is 4.71. The summed E-state index contributed by atoms with van der Waals surface area (Å²) in [6.07, 6.45) is 4.55. The van der Waals surface area contributed by atoms with E-state index in [2.05, 4.69) is 26.2 Å². The van der Waals surface area contributed by atoms with Gasteiger partial charge in [-0.05, 0) is 28.8 Å². The number of nitrogens with zero attached hydrogens (tertiary/aromatic N) is 1. The number of hydrogen-bond acceptors (Lipinski definition) is 4. The van der Waals surface area contributed by atoms with E-state index in [1.807, 2.05) is 0 Å². The van der Waals surface area contributed by atoms with Gasteiger partial charge in [0.2, 0.25) is 5.91 Å². The topological polar surface area (TPSA) is 68.0 Å². The Balaban J connectivity index is 2.03. The lowest BCUT2D eigenvalue weighted by Gasteiger charge is -2.38. The molecule has 1 aliphatic carbocycles. The number of amides is 1. The molecule has 0 atom stereocenters. The third-order valence-electron chi connectivity index (χ3n) is 2.88. The molecule has 3 N–H and O–H groups in total. The number of thiazole rings is 1. The van der Waals surface area contributed by atoms with Crippen molar-refractivity contribution < 1.29 is 4.79 Å². The molecule has 82 valence electrons. The molecule has 4 nitrogen and oxygen atoms in total. The van der Waals surface area contributed by atoms with Crippen LogP contribution >= 0.6 is 27.3 Å². The standard InChI is InChI=1S/C9H12BrN3OS/c10-6-4-12-8(15-6)13-7(14)9(5-11)2-1-3-9/h4H,1-3,5,11H2,(H,12,13,14). The lowest BCUT2D eigenvalue weighted by Crippen LogP contribution is -2.47. The number of halogens is 1. The van der Waals surface area contributed by atoms with Crippen LogP contribution in [0.5, 0.6) is 0 Å². The van der Waals surface area contributed by atoms with Crippen molar-refractivity contribution in [1.29, 1.82) is 0 Å². The zero-order valence-electron chi connectivity index (χ0n) is 8.12.